The standard InChI is InChI=1S/C11H16FN/c1-9-6-7-13(8-9)11(3)5-4-10(2)12/h4-5,9H,2-3,6-8H2,1H3/b5-4-. The highest BCUT2D eigenvalue weighted by atomic mass is 19.1. The van der Waals surface area contributed by atoms with Crippen molar-refractivity contribution in [2.75, 3.05) is 13.1 Å². The third-order valence-corrected chi connectivity index (χ3v) is 2.29. The maximum Gasteiger partial charge on any atom is 0.116 e. The molecule has 2 heteroatoms. The number of allylic oxidation sites excluding steroid dienone is 3. The summed E-state index contributed by atoms with van der Waals surface area (Å²) in [5.41, 5.74) is 0.878. The minimum absolute atomic E-state index is 0.423. The summed E-state index contributed by atoms with van der Waals surface area (Å²) in [6, 6.07) is 0. The van der Waals surface area contributed by atoms with E-state index in [9.17, 15) is 4.39 Å². The van der Waals surface area contributed by atoms with Crippen molar-refractivity contribution in [2.45, 2.75) is 13.3 Å². The van der Waals surface area contributed by atoms with Gasteiger partial charge < -0.3 is 4.90 Å². The molecule has 0 saturated carbocycles. The van der Waals surface area contributed by atoms with E-state index in [1.807, 2.05) is 0 Å². The van der Waals surface area contributed by atoms with Crippen molar-refractivity contribution in [1.82, 2.24) is 4.90 Å². The number of likely N-dealkylation sites (tertiary alicyclic amines) is 1. The summed E-state index contributed by atoms with van der Waals surface area (Å²) in [4.78, 5) is 2.17. The predicted octanol–water partition coefficient (Wildman–Crippen LogP) is 2.88. The molecule has 1 heterocycles. The van der Waals surface area contributed by atoms with Crippen LogP contribution in [0, 0.1) is 5.92 Å². The Kier molecular flexibility index (Phi) is 3.29. The Morgan fingerprint density at radius 3 is 2.62 bits per heavy atom. The molecule has 1 atom stereocenters. The van der Waals surface area contributed by atoms with Crippen LogP contribution in [0.15, 0.2) is 36.8 Å². The average Bonchev–Trinajstić information content (AvgIpc) is 2.47. The molecule has 0 spiro atoms. The second-order valence-corrected chi connectivity index (χ2v) is 3.61. The molecule has 0 radical (unpaired) electrons. The second kappa shape index (κ2) is 4.26. The molecule has 0 aromatic rings. The first-order chi connectivity index (χ1) is 6.09. The SMILES string of the molecule is C=C(F)/C=C\C(=C)N1CCC(C)C1. The van der Waals surface area contributed by atoms with Crippen LogP contribution in [-0.2, 0) is 0 Å². The Morgan fingerprint density at radius 2 is 2.15 bits per heavy atom. The van der Waals surface area contributed by atoms with Crippen molar-refractivity contribution < 1.29 is 4.39 Å². The van der Waals surface area contributed by atoms with Crippen LogP contribution in [-0.4, -0.2) is 18.0 Å². The lowest BCUT2D eigenvalue weighted by Crippen LogP contribution is -2.17. The second-order valence-electron chi connectivity index (χ2n) is 3.61. The number of nitrogens with zero attached hydrogens (tertiary/aromatic N) is 1. The van der Waals surface area contributed by atoms with Gasteiger partial charge in [-0.2, -0.15) is 0 Å². The van der Waals surface area contributed by atoms with E-state index >= 15 is 0 Å². The molecule has 1 aliphatic heterocycles. The minimum Gasteiger partial charge on any atom is -0.372 e. The lowest BCUT2D eigenvalue weighted by Gasteiger charge is -2.17. The Hall–Kier alpha value is -1.05. The molecule has 1 unspecified atom stereocenters. The third-order valence-electron chi connectivity index (χ3n) is 2.29. The first-order valence-electron chi connectivity index (χ1n) is 4.56. The first-order valence-corrected chi connectivity index (χ1v) is 4.56. The number of halogens is 1. The van der Waals surface area contributed by atoms with E-state index in [1.165, 1.54) is 12.5 Å². The van der Waals surface area contributed by atoms with Crippen molar-refractivity contribution in [1.29, 1.82) is 0 Å². The van der Waals surface area contributed by atoms with Crippen LogP contribution in [0.4, 0.5) is 4.39 Å². The molecule has 0 N–H and O–H groups in total. The van der Waals surface area contributed by atoms with Gasteiger partial charge in [-0.05, 0) is 24.5 Å². The van der Waals surface area contributed by atoms with Gasteiger partial charge in [-0.3, -0.25) is 0 Å². The molecule has 1 aliphatic rings. The van der Waals surface area contributed by atoms with Crippen LogP contribution < -0.4 is 0 Å². The van der Waals surface area contributed by atoms with Crippen molar-refractivity contribution in [3.8, 4) is 0 Å². The molecule has 0 aromatic heterocycles. The Bertz CT molecular complexity index is 242. The monoisotopic (exact) mass is 181 g/mol. The zero-order valence-electron chi connectivity index (χ0n) is 8.09. The van der Waals surface area contributed by atoms with E-state index in [0.29, 0.717) is 0 Å². The summed E-state index contributed by atoms with van der Waals surface area (Å²) in [6.45, 7) is 11.3. The van der Waals surface area contributed by atoms with Gasteiger partial charge >= 0.3 is 0 Å². The average molecular weight is 181 g/mol. The van der Waals surface area contributed by atoms with Gasteiger partial charge in [0, 0.05) is 18.8 Å². The highest BCUT2D eigenvalue weighted by Crippen LogP contribution is 2.19. The summed E-state index contributed by atoms with van der Waals surface area (Å²) >= 11 is 0. The van der Waals surface area contributed by atoms with Crippen LogP contribution in [0.2, 0.25) is 0 Å². The molecule has 13 heavy (non-hydrogen) atoms. The summed E-state index contributed by atoms with van der Waals surface area (Å²) in [5, 5.41) is 0. The molecule has 1 rings (SSSR count). The molecule has 0 aromatic carbocycles. The molecule has 0 bridgehead atoms. The molecule has 1 fully saturated rings. The van der Waals surface area contributed by atoms with Gasteiger partial charge in [-0.15, -0.1) is 0 Å². The largest absolute Gasteiger partial charge is 0.372 e. The van der Waals surface area contributed by atoms with Gasteiger partial charge in [0.25, 0.3) is 0 Å². The highest BCUT2D eigenvalue weighted by molar-refractivity contribution is 5.20. The third kappa shape index (κ3) is 3.05. The molecule has 0 amide bonds. The molecular weight excluding hydrogens is 165 g/mol. The van der Waals surface area contributed by atoms with Crippen molar-refractivity contribution in [2.24, 2.45) is 5.92 Å². The Balaban J connectivity index is 2.44. The van der Waals surface area contributed by atoms with Crippen molar-refractivity contribution in [3.63, 3.8) is 0 Å². The van der Waals surface area contributed by atoms with Gasteiger partial charge in [0.15, 0.2) is 0 Å². The summed E-state index contributed by atoms with van der Waals surface area (Å²) in [6.07, 6.45) is 4.23. The summed E-state index contributed by atoms with van der Waals surface area (Å²) in [7, 11) is 0. The van der Waals surface area contributed by atoms with Gasteiger partial charge in [0.05, 0.1) is 0 Å². The van der Waals surface area contributed by atoms with Crippen LogP contribution in [0.1, 0.15) is 13.3 Å². The number of rotatable bonds is 3. The quantitative estimate of drug-likeness (QED) is 0.605. The highest BCUT2D eigenvalue weighted by Gasteiger charge is 2.17. The van der Waals surface area contributed by atoms with E-state index in [-0.39, 0.29) is 0 Å². The van der Waals surface area contributed by atoms with E-state index < -0.39 is 5.83 Å². The summed E-state index contributed by atoms with van der Waals surface area (Å²) < 4.78 is 12.3. The predicted molar refractivity (Wildman–Crippen MR) is 53.9 cm³/mol. The van der Waals surface area contributed by atoms with E-state index in [1.54, 1.807) is 6.08 Å². The molecule has 72 valence electrons. The van der Waals surface area contributed by atoms with Gasteiger partial charge in [0.1, 0.15) is 5.83 Å². The van der Waals surface area contributed by atoms with E-state index in [2.05, 4.69) is 25.0 Å². The molecule has 1 saturated heterocycles. The Morgan fingerprint density at radius 1 is 1.46 bits per heavy atom. The summed E-state index contributed by atoms with van der Waals surface area (Å²) in [5.74, 6) is 0.298. The lowest BCUT2D eigenvalue weighted by molar-refractivity contribution is 0.424. The molecule has 1 nitrogen and oxygen atoms in total. The van der Waals surface area contributed by atoms with Crippen molar-refractivity contribution >= 4 is 0 Å². The van der Waals surface area contributed by atoms with E-state index in [4.69, 9.17) is 0 Å². The molecule has 0 aliphatic carbocycles. The molecular formula is C11H16FN. The van der Waals surface area contributed by atoms with Gasteiger partial charge in [-0.25, -0.2) is 4.39 Å². The van der Waals surface area contributed by atoms with Crippen LogP contribution >= 0.6 is 0 Å². The first kappa shape index (κ1) is 10.0. The smallest absolute Gasteiger partial charge is 0.116 e. The lowest BCUT2D eigenvalue weighted by atomic mass is 10.2. The van der Waals surface area contributed by atoms with Crippen LogP contribution in [0.3, 0.4) is 0 Å². The number of hydrogen-bond acceptors (Lipinski definition) is 1. The minimum atomic E-state index is -0.423. The fraction of sp³-hybridized carbons (Fsp3) is 0.455. The maximum absolute atomic E-state index is 12.3. The fourth-order valence-electron chi connectivity index (χ4n) is 1.49. The van der Waals surface area contributed by atoms with Crippen LogP contribution in [0.25, 0.3) is 0 Å². The zero-order valence-corrected chi connectivity index (χ0v) is 8.09. The zero-order chi connectivity index (χ0) is 9.84. The van der Waals surface area contributed by atoms with E-state index in [0.717, 1.165) is 24.7 Å². The van der Waals surface area contributed by atoms with Crippen LogP contribution in [0.5, 0.6) is 0 Å². The fourth-order valence-corrected chi connectivity index (χ4v) is 1.49. The van der Waals surface area contributed by atoms with Gasteiger partial charge in [-0.1, -0.05) is 20.1 Å². The number of hydrogen-bond donors (Lipinski definition) is 0. The van der Waals surface area contributed by atoms with Crippen molar-refractivity contribution in [3.05, 3.63) is 36.8 Å². The maximum atomic E-state index is 12.3. The van der Waals surface area contributed by atoms with Gasteiger partial charge in [0.2, 0.25) is 0 Å². The topological polar surface area (TPSA) is 3.24 Å². The Labute approximate surface area is 79.2 Å². The normalized spacial score (nSPS) is 22.6.